The van der Waals surface area contributed by atoms with Crippen LogP contribution in [0.2, 0.25) is 0 Å². The predicted octanol–water partition coefficient (Wildman–Crippen LogP) is 3.35. The summed E-state index contributed by atoms with van der Waals surface area (Å²) >= 11 is 0. The first kappa shape index (κ1) is 13.5. The van der Waals surface area contributed by atoms with Gasteiger partial charge in [0.25, 0.3) is 0 Å². The van der Waals surface area contributed by atoms with Gasteiger partial charge in [-0.1, -0.05) is 0 Å². The highest BCUT2D eigenvalue weighted by Crippen LogP contribution is 2.32. The Bertz CT molecular complexity index is 805. The summed E-state index contributed by atoms with van der Waals surface area (Å²) in [4.78, 5) is 8.14. The first-order chi connectivity index (χ1) is 9.90. The van der Waals surface area contributed by atoms with E-state index in [2.05, 4.69) is 9.97 Å². The minimum atomic E-state index is -4.40. The summed E-state index contributed by atoms with van der Waals surface area (Å²) in [6.07, 6.45) is -3.03. The average Bonchev–Trinajstić information content (AvgIpc) is 2.99. The van der Waals surface area contributed by atoms with Gasteiger partial charge in [0, 0.05) is 0 Å². The molecule has 2 heterocycles. The topological polar surface area (TPSA) is 53.1 Å². The number of halogens is 3. The Morgan fingerprint density at radius 1 is 1.29 bits per heavy atom. The molecule has 0 aliphatic heterocycles. The molecule has 1 aromatic carbocycles. The van der Waals surface area contributed by atoms with Crippen LogP contribution in [0.1, 0.15) is 11.4 Å². The van der Waals surface area contributed by atoms with E-state index in [1.807, 2.05) is 0 Å². The zero-order valence-corrected chi connectivity index (χ0v) is 11.1. The van der Waals surface area contributed by atoms with Crippen LogP contribution in [-0.4, -0.2) is 21.6 Å². The SMILES string of the molecule is COc1cnc(-n2c(C)nc3cc(C(F)(F)F)ccc32)o1. The molecular formula is C13H10F3N3O2. The molecule has 21 heavy (non-hydrogen) atoms. The second-order valence-electron chi connectivity index (χ2n) is 4.36. The third-order valence-corrected chi connectivity index (χ3v) is 3.01. The van der Waals surface area contributed by atoms with Gasteiger partial charge in [0.05, 0.1) is 23.7 Å². The minimum Gasteiger partial charge on any atom is -0.467 e. The number of fused-ring (bicyclic) bond motifs is 1. The Morgan fingerprint density at radius 3 is 2.67 bits per heavy atom. The van der Waals surface area contributed by atoms with Crippen molar-refractivity contribution in [2.45, 2.75) is 13.1 Å². The summed E-state index contributed by atoms with van der Waals surface area (Å²) in [5.74, 6) is 0.673. The molecule has 0 amide bonds. The maximum absolute atomic E-state index is 12.7. The van der Waals surface area contributed by atoms with E-state index in [1.54, 1.807) is 6.92 Å². The van der Waals surface area contributed by atoms with Crippen LogP contribution in [-0.2, 0) is 6.18 Å². The molecule has 0 N–H and O–H groups in total. The number of imidazole rings is 1. The molecule has 0 saturated heterocycles. The van der Waals surface area contributed by atoms with E-state index in [0.717, 1.165) is 12.1 Å². The molecule has 0 saturated carbocycles. The highest BCUT2D eigenvalue weighted by molar-refractivity contribution is 5.78. The van der Waals surface area contributed by atoms with Crippen molar-refractivity contribution in [1.82, 2.24) is 14.5 Å². The fourth-order valence-electron chi connectivity index (χ4n) is 2.07. The molecule has 0 aliphatic carbocycles. The molecule has 0 aliphatic rings. The van der Waals surface area contributed by atoms with Crippen LogP contribution in [0, 0.1) is 6.92 Å². The lowest BCUT2D eigenvalue weighted by molar-refractivity contribution is -0.137. The molecule has 110 valence electrons. The van der Waals surface area contributed by atoms with Crippen LogP contribution in [0.15, 0.2) is 28.8 Å². The number of alkyl halides is 3. The number of rotatable bonds is 2. The number of benzene rings is 1. The molecule has 3 aromatic rings. The normalized spacial score (nSPS) is 12.0. The Morgan fingerprint density at radius 2 is 2.05 bits per heavy atom. The molecule has 0 spiro atoms. The highest BCUT2D eigenvalue weighted by atomic mass is 19.4. The molecular weight excluding hydrogens is 287 g/mol. The van der Waals surface area contributed by atoms with Crippen LogP contribution in [0.3, 0.4) is 0 Å². The van der Waals surface area contributed by atoms with Crippen molar-refractivity contribution in [2.75, 3.05) is 7.11 Å². The smallest absolute Gasteiger partial charge is 0.416 e. The van der Waals surface area contributed by atoms with Crippen LogP contribution < -0.4 is 4.74 Å². The number of nitrogens with zero attached hydrogens (tertiary/aromatic N) is 3. The maximum Gasteiger partial charge on any atom is 0.416 e. The summed E-state index contributed by atoms with van der Waals surface area (Å²) in [5.41, 5.74) is -0.0471. The van der Waals surface area contributed by atoms with Gasteiger partial charge in [0.1, 0.15) is 12.0 Å². The van der Waals surface area contributed by atoms with Crippen molar-refractivity contribution in [2.24, 2.45) is 0 Å². The van der Waals surface area contributed by atoms with Crippen LogP contribution in [0.4, 0.5) is 13.2 Å². The summed E-state index contributed by atoms with van der Waals surface area (Å²) in [5, 5.41) is 0. The van der Waals surface area contributed by atoms with Gasteiger partial charge in [0.15, 0.2) is 0 Å². The summed E-state index contributed by atoms with van der Waals surface area (Å²) in [6, 6.07) is 3.53. The number of ether oxygens (including phenoxy) is 1. The molecule has 5 nitrogen and oxygen atoms in total. The first-order valence-electron chi connectivity index (χ1n) is 5.96. The fourth-order valence-corrected chi connectivity index (χ4v) is 2.07. The van der Waals surface area contributed by atoms with E-state index < -0.39 is 11.7 Å². The number of aromatic nitrogens is 3. The van der Waals surface area contributed by atoms with Gasteiger partial charge in [-0.3, -0.25) is 0 Å². The van der Waals surface area contributed by atoms with Crippen molar-refractivity contribution in [1.29, 1.82) is 0 Å². The van der Waals surface area contributed by atoms with Crippen molar-refractivity contribution in [3.8, 4) is 12.0 Å². The quantitative estimate of drug-likeness (QED) is 0.728. The van der Waals surface area contributed by atoms with Crippen LogP contribution in [0.25, 0.3) is 17.0 Å². The van der Waals surface area contributed by atoms with Gasteiger partial charge in [-0.2, -0.15) is 18.2 Å². The third-order valence-electron chi connectivity index (χ3n) is 3.01. The van der Waals surface area contributed by atoms with Crippen molar-refractivity contribution in [3.05, 3.63) is 35.8 Å². The molecule has 2 aromatic heterocycles. The van der Waals surface area contributed by atoms with Crippen LogP contribution >= 0.6 is 0 Å². The summed E-state index contributed by atoms with van der Waals surface area (Å²) in [6.45, 7) is 1.66. The number of aryl methyl sites for hydroxylation is 1. The Kier molecular flexibility index (Phi) is 2.89. The van der Waals surface area contributed by atoms with Gasteiger partial charge in [-0.05, 0) is 25.1 Å². The predicted molar refractivity (Wildman–Crippen MR) is 67.4 cm³/mol. The number of methoxy groups -OCH3 is 1. The highest BCUT2D eigenvalue weighted by Gasteiger charge is 2.31. The van der Waals surface area contributed by atoms with E-state index >= 15 is 0 Å². The van der Waals surface area contributed by atoms with E-state index in [4.69, 9.17) is 9.15 Å². The van der Waals surface area contributed by atoms with E-state index in [9.17, 15) is 13.2 Å². The van der Waals surface area contributed by atoms with Gasteiger partial charge >= 0.3 is 18.1 Å². The number of oxazole rings is 1. The fraction of sp³-hybridized carbons (Fsp3) is 0.231. The van der Waals surface area contributed by atoms with Gasteiger partial charge in [0.2, 0.25) is 0 Å². The van der Waals surface area contributed by atoms with E-state index in [-0.39, 0.29) is 17.5 Å². The average molecular weight is 297 g/mol. The van der Waals surface area contributed by atoms with Crippen LogP contribution in [0.5, 0.6) is 5.95 Å². The standard InChI is InChI=1S/C13H10F3N3O2/c1-7-18-9-5-8(13(14,15)16)3-4-10(9)19(7)12-17-6-11(20-2)21-12/h3-6H,1-2H3. The van der Waals surface area contributed by atoms with Gasteiger partial charge < -0.3 is 9.15 Å². The lowest BCUT2D eigenvalue weighted by atomic mass is 10.2. The maximum atomic E-state index is 12.7. The Hall–Kier alpha value is -2.51. The zero-order chi connectivity index (χ0) is 15.2. The van der Waals surface area contributed by atoms with E-state index in [1.165, 1.54) is 23.9 Å². The third kappa shape index (κ3) is 2.22. The lowest BCUT2D eigenvalue weighted by Crippen LogP contribution is -2.04. The van der Waals surface area contributed by atoms with Gasteiger partial charge in [-0.25, -0.2) is 9.55 Å². The largest absolute Gasteiger partial charge is 0.467 e. The monoisotopic (exact) mass is 297 g/mol. The molecule has 0 fully saturated rings. The molecule has 8 heteroatoms. The van der Waals surface area contributed by atoms with Gasteiger partial charge in [-0.15, -0.1) is 0 Å². The molecule has 3 rings (SSSR count). The van der Waals surface area contributed by atoms with Crippen molar-refractivity contribution < 1.29 is 22.3 Å². The second-order valence-corrected chi connectivity index (χ2v) is 4.36. The summed E-state index contributed by atoms with van der Waals surface area (Å²) < 4.78 is 49.9. The van der Waals surface area contributed by atoms with E-state index in [0.29, 0.717) is 11.3 Å². The molecule has 0 radical (unpaired) electrons. The minimum absolute atomic E-state index is 0.187. The van der Waals surface area contributed by atoms with Crippen molar-refractivity contribution >= 4 is 11.0 Å². The number of hydrogen-bond acceptors (Lipinski definition) is 4. The molecule has 0 unspecified atom stereocenters. The zero-order valence-electron chi connectivity index (χ0n) is 11.1. The Balaban J connectivity index is 2.18. The number of hydrogen-bond donors (Lipinski definition) is 0. The molecule has 0 atom stereocenters. The molecule has 0 bridgehead atoms. The Labute approximate surface area is 117 Å². The second kappa shape index (κ2) is 4.51. The summed E-state index contributed by atoms with van der Waals surface area (Å²) in [7, 11) is 1.43. The first-order valence-corrected chi connectivity index (χ1v) is 5.96. The van der Waals surface area contributed by atoms with Crippen molar-refractivity contribution in [3.63, 3.8) is 0 Å². The lowest BCUT2D eigenvalue weighted by Gasteiger charge is -2.06.